The minimum Gasteiger partial charge on any atom is -0.480 e. The molecule has 0 aromatic heterocycles. The number of esters is 2. The molecule has 0 aromatic rings. The SMILES string of the molecule is CCCCC/C=C/C/C=C/C/C=C/C/C=C/CCCC(=O)O[C@@H](COC(=O)CCCCCCCCCCCC)COP(=O)(O)OC[C@H](N)C(=O)O. The lowest BCUT2D eigenvalue weighted by Gasteiger charge is -2.20. The molecule has 12 heteroatoms. The Kier molecular flexibility index (Phi) is 32.8. The molecule has 0 aromatic carbocycles. The summed E-state index contributed by atoms with van der Waals surface area (Å²) in [5, 5.41) is 8.85. The van der Waals surface area contributed by atoms with Crippen molar-refractivity contribution >= 4 is 25.7 Å². The second-order valence-corrected chi connectivity index (χ2v) is 14.2. The van der Waals surface area contributed by atoms with Crippen molar-refractivity contribution in [3.63, 3.8) is 0 Å². The molecule has 4 N–H and O–H groups in total. The normalized spacial score (nSPS) is 14.4. The quantitative estimate of drug-likeness (QED) is 0.0244. The summed E-state index contributed by atoms with van der Waals surface area (Å²) in [6.45, 7) is 2.68. The van der Waals surface area contributed by atoms with Gasteiger partial charge in [-0.3, -0.25) is 23.4 Å². The number of carboxylic acid groups (broad SMARTS) is 1. The predicted octanol–water partition coefficient (Wildman–Crippen LogP) is 9.44. The monoisotopic (exact) mass is 741 g/mol. The molecule has 0 amide bonds. The van der Waals surface area contributed by atoms with Crippen LogP contribution >= 0.6 is 7.82 Å². The maximum absolute atomic E-state index is 12.5. The van der Waals surface area contributed by atoms with Crippen LogP contribution in [0, 0.1) is 0 Å². The molecule has 11 nitrogen and oxygen atoms in total. The summed E-state index contributed by atoms with van der Waals surface area (Å²) in [5.74, 6) is -2.46. The Morgan fingerprint density at radius 1 is 0.608 bits per heavy atom. The van der Waals surface area contributed by atoms with Crippen LogP contribution in [0.4, 0.5) is 0 Å². The summed E-state index contributed by atoms with van der Waals surface area (Å²) < 4.78 is 32.5. The third-order valence-corrected chi connectivity index (χ3v) is 8.78. The summed E-state index contributed by atoms with van der Waals surface area (Å²) in [6, 6.07) is -1.53. The van der Waals surface area contributed by atoms with Crippen molar-refractivity contribution in [1.82, 2.24) is 0 Å². The van der Waals surface area contributed by atoms with E-state index in [0.717, 1.165) is 44.9 Å². The fourth-order valence-corrected chi connectivity index (χ4v) is 5.54. The van der Waals surface area contributed by atoms with Crippen molar-refractivity contribution < 1.29 is 47.5 Å². The van der Waals surface area contributed by atoms with E-state index in [1.165, 1.54) is 57.8 Å². The number of ether oxygens (including phenoxy) is 2. The standard InChI is InChI=1S/C39H68NO10P/c1-3-5-7-9-11-13-15-16-17-18-19-20-21-23-25-27-29-31-38(42)50-35(33-48-51(45,46)49-34-36(40)39(43)44)32-47-37(41)30-28-26-24-22-14-12-10-8-6-4-2/h11,13,16-17,19-20,23,25,35-36H,3-10,12,14-15,18,21-22,24,26-34,40H2,1-2H3,(H,43,44)(H,45,46)/b13-11+,17-16+,20-19+,25-23+/t35-,36-/m0/s1. The van der Waals surface area contributed by atoms with Crippen LogP contribution in [0.15, 0.2) is 48.6 Å². The van der Waals surface area contributed by atoms with Gasteiger partial charge in [-0.25, -0.2) is 4.57 Å². The van der Waals surface area contributed by atoms with E-state index >= 15 is 0 Å². The minimum atomic E-state index is -4.72. The number of aliphatic carboxylic acids is 1. The maximum Gasteiger partial charge on any atom is 0.472 e. The smallest absolute Gasteiger partial charge is 0.472 e. The lowest BCUT2D eigenvalue weighted by molar-refractivity contribution is -0.161. The number of carbonyl (C=O) groups excluding carboxylic acids is 2. The molecule has 51 heavy (non-hydrogen) atoms. The van der Waals surface area contributed by atoms with Crippen LogP contribution < -0.4 is 5.73 Å². The van der Waals surface area contributed by atoms with Crippen LogP contribution in [-0.2, 0) is 37.5 Å². The number of carboxylic acids is 1. The zero-order valence-electron chi connectivity index (χ0n) is 31.4. The highest BCUT2D eigenvalue weighted by molar-refractivity contribution is 7.47. The number of rotatable bonds is 35. The van der Waals surface area contributed by atoms with E-state index < -0.39 is 51.1 Å². The molecule has 0 saturated heterocycles. The third-order valence-electron chi connectivity index (χ3n) is 7.83. The summed E-state index contributed by atoms with van der Waals surface area (Å²) in [5.41, 5.74) is 5.31. The van der Waals surface area contributed by atoms with Crippen LogP contribution in [0.5, 0.6) is 0 Å². The molecular formula is C39H68NO10P. The first-order valence-corrected chi connectivity index (χ1v) is 20.7. The van der Waals surface area contributed by atoms with Crippen LogP contribution in [0.1, 0.15) is 149 Å². The van der Waals surface area contributed by atoms with Crippen molar-refractivity contribution in [2.24, 2.45) is 5.73 Å². The number of carbonyl (C=O) groups is 3. The molecular weight excluding hydrogens is 673 g/mol. The van der Waals surface area contributed by atoms with Gasteiger partial charge in [0.25, 0.3) is 0 Å². The van der Waals surface area contributed by atoms with Gasteiger partial charge in [0.15, 0.2) is 6.10 Å². The molecule has 0 radical (unpaired) electrons. The lowest BCUT2D eigenvalue weighted by Crippen LogP contribution is -2.34. The highest BCUT2D eigenvalue weighted by atomic mass is 31.2. The van der Waals surface area contributed by atoms with E-state index in [2.05, 4.69) is 54.8 Å². The number of phosphoric ester groups is 1. The average Bonchev–Trinajstić information content (AvgIpc) is 3.10. The molecule has 0 aliphatic carbocycles. The first-order chi connectivity index (χ1) is 24.6. The fourth-order valence-electron chi connectivity index (χ4n) is 4.76. The number of allylic oxidation sites excluding steroid dienone is 8. The zero-order valence-corrected chi connectivity index (χ0v) is 32.3. The highest BCUT2D eigenvalue weighted by Crippen LogP contribution is 2.43. The predicted molar refractivity (Wildman–Crippen MR) is 203 cm³/mol. The molecule has 0 fully saturated rings. The summed E-state index contributed by atoms with van der Waals surface area (Å²) in [4.78, 5) is 45.7. The number of unbranched alkanes of at least 4 members (excludes halogenated alkanes) is 13. The molecule has 0 spiro atoms. The highest BCUT2D eigenvalue weighted by Gasteiger charge is 2.28. The summed E-state index contributed by atoms with van der Waals surface area (Å²) in [6.07, 6.45) is 36.2. The van der Waals surface area contributed by atoms with Crippen molar-refractivity contribution in [3.05, 3.63) is 48.6 Å². The Labute approximate surface area is 307 Å². The van der Waals surface area contributed by atoms with Gasteiger partial charge in [0.1, 0.15) is 12.6 Å². The van der Waals surface area contributed by atoms with Gasteiger partial charge in [0.05, 0.1) is 13.2 Å². The van der Waals surface area contributed by atoms with E-state index in [0.29, 0.717) is 19.3 Å². The number of nitrogens with two attached hydrogens (primary N) is 1. The van der Waals surface area contributed by atoms with Crippen molar-refractivity contribution in [1.29, 1.82) is 0 Å². The van der Waals surface area contributed by atoms with Gasteiger partial charge >= 0.3 is 25.7 Å². The molecule has 0 aliphatic rings. The van der Waals surface area contributed by atoms with E-state index in [9.17, 15) is 23.8 Å². The maximum atomic E-state index is 12.5. The molecule has 1 unspecified atom stereocenters. The van der Waals surface area contributed by atoms with E-state index in [4.69, 9.17) is 24.8 Å². The summed E-state index contributed by atoms with van der Waals surface area (Å²) in [7, 11) is -4.72. The molecule has 0 bridgehead atoms. The van der Waals surface area contributed by atoms with Crippen LogP contribution in [0.3, 0.4) is 0 Å². The van der Waals surface area contributed by atoms with E-state index in [1.54, 1.807) is 0 Å². The lowest BCUT2D eigenvalue weighted by atomic mass is 10.1. The van der Waals surface area contributed by atoms with E-state index in [1.807, 2.05) is 12.2 Å². The largest absolute Gasteiger partial charge is 0.480 e. The number of hydrogen-bond donors (Lipinski definition) is 3. The molecule has 0 aliphatic heterocycles. The Hall–Kier alpha value is -2.56. The molecule has 294 valence electrons. The Balaban J connectivity index is 4.55. The molecule has 0 saturated carbocycles. The number of hydrogen-bond acceptors (Lipinski definition) is 9. The van der Waals surface area contributed by atoms with E-state index in [-0.39, 0.29) is 19.4 Å². The van der Waals surface area contributed by atoms with Gasteiger partial charge in [0.2, 0.25) is 0 Å². The van der Waals surface area contributed by atoms with Gasteiger partial charge in [0, 0.05) is 12.8 Å². The molecule has 0 rings (SSSR count). The number of phosphoric acid groups is 1. The van der Waals surface area contributed by atoms with Gasteiger partial charge < -0.3 is 25.2 Å². The van der Waals surface area contributed by atoms with Crippen LogP contribution in [0.2, 0.25) is 0 Å². The Morgan fingerprint density at radius 3 is 1.61 bits per heavy atom. The van der Waals surface area contributed by atoms with Gasteiger partial charge in [-0.2, -0.15) is 0 Å². The average molecular weight is 742 g/mol. The molecule has 0 heterocycles. The van der Waals surface area contributed by atoms with Crippen molar-refractivity contribution in [2.45, 2.75) is 161 Å². The van der Waals surface area contributed by atoms with Gasteiger partial charge in [-0.15, -0.1) is 0 Å². The topological polar surface area (TPSA) is 172 Å². The Morgan fingerprint density at radius 2 is 1.06 bits per heavy atom. The summed E-state index contributed by atoms with van der Waals surface area (Å²) >= 11 is 0. The molecule has 3 atom stereocenters. The fraction of sp³-hybridized carbons (Fsp3) is 0.718. The second kappa shape index (κ2) is 34.5. The van der Waals surface area contributed by atoms with Crippen molar-refractivity contribution in [3.8, 4) is 0 Å². The minimum absolute atomic E-state index is 0.0851. The first kappa shape index (κ1) is 48.4. The third kappa shape index (κ3) is 34.3. The van der Waals surface area contributed by atoms with Gasteiger partial charge in [-0.1, -0.05) is 133 Å². The Bertz CT molecular complexity index is 1060. The second-order valence-electron chi connectivity index (χ2n) is 12.7. The van der Waals surface area contributed by atoms with Crippen LogP contribution in [0.25, 0.3) is 0 Å². The van der Waals surface area contributed by atoms with Gasteiger partial charge in [-0.05, 0) is 51.4 Å². The van der Waals surface area contributed by atoms with Crippen molar-refractivity contribution in [2.75, 3.05) is 19.8 Å². The van der Waals surface area contributed by atoms with Crippen LogP contribution in [-0.4, -0.2) is 59.9 Å². The zero-order chi connectivity index (χ0) is 37.8. The first-order valence-electron chi connectivity index (χ1n) is 19.2.